The Morgan fingerprint density at radius 2 is 1.94 bits per heavy atom. The normalized spacial score (nSPS) is 22.0. The summed E-state index contributed by atoms with van der Waals surface area (Å²) in [7, 11) is 0. The van der Waals surface area contributed by atoms with Crippen LogP contribution in [0.1, 0.15) is 62.7 Å². The van der Waals surface area contributed by atoms with Crippen LogP contribution in [0.25, 0.3) is 5.69 Å². The van der Waals surface area contributed by atoms with Crippen molar-refractivity contribution < 1.29 is 14.6 Å². The number of hydrogen-bond acceptors (Lipinski definition) is 6. The number of carbonyl (C=O) groups excluding carboxylic acids is 1. The fourth-order valence-electron chi connectivity index (χ4n) is 4.97. The number of halogens is 1. The van der Waals surface area contributed by atoms with Gasteiger partial charge in [-0.2, -0.15) is 0 Å². The van der Waals surface area contributed by atoms with E-state index in [2.05, 4.69) is 25.1 Å². The number of fused-ring (bicyclic) bond motifs is 3. The van der Waals surface area contributed by atoms with E-state index in [0.717, 1.165) is 48.6 Å². The first kappa shape index (κ1) is 23.8. The average Bonchev–Trinajstić information content (AvgIpc) is 3.16. The van der Waals surface area contributed by atoms with Gasteiger partial charge >= 0.3 is 0 Å². The van der Waals surface area contributed by atoms with E-state index in [9.17, 15) is 9.90 Å². The molecule has 9 heteroatoms. The molecule has 1 atom stereocenters. The van der Waals surface area contributed by atoms with Crippen LogP contribution in [-0.4, -0.2) is 48.5 Å². The summed E-state index contributed by atoms with van der Waals surface area (Å²) in [6, 6.07) is 11.3. The third-order valence-electron chi connectivity index (χ3n) is 6.79. The first-order valence-electron chi connectivity index (χ1n) is 12.1. The Labute approximate surface area is 209 Å². The van der Waals surface area contributed by atoms with Gasteiger partial charge in [-0.15, -0.1) is 10.2 Å². The van der Waals surface area contributed by atoms with Gasteiger partial charge in [0.2, 0.25) is 5.88 Å². The molecule has 0 saturated heterocycles. The third-order valence-corrected chi connectivity index (χ3v) is 7.02. The number of rotatable bonds is 5. The molecular weight excluding hydrogens is 466 g/mol. The van der Waals surface area contributed by atoms with Crippen molar-refractivity contribution in [3.8, 4) is 11.6 Å². The first-order chi connectivity index (χ1) is 16.8. The second-order valence-electron chi connectivity index (χ2n) is 9.98. The van der Waals surface area contributed by atoms with E-state index in [1.54, 1.807) is 6.20 Å². The summed E-state index contributed by atoms with van der Waals surface area (Å²) >= 11 is 6.34. The summed E-state index contributed by atoms with van der Waals surface area (Å²) in [6.45, 7) is 2.97. The fourth-order valence-corrected chi connectivity index (χ4v) is 5.17. The summed E-state index contributed by atoms with van der Waals surface area (Å²) in [5.41, 5.74) is 0.555. The third kappa shape index (κ3) is 5.18. The average molecular weight is 496 g/mol. The second-order valence-corrected chi connectivity index (χ2v) is 10.4. The number of ether oxygens (including phenoxy) is 1. The summed E-state index contributed by atoms with van der Waals surface area (Å²) in [6.07, 6.45) is 6.70. The standard InChI is InChI=1S/C26H30ClN5O3/c1-26(2,34)25(33)29-19-14-17-13-18(27)8-11-21(17)32-22(15-19)30-31-24(32)16-6-9-20(10-7-16)35-23-5-3-4-12-28-23/h3-5,8,11-13,16,19-20,34H,6-7,9-10,14-15H2,1-2H3,(H,29,33)/t16-,19-,20-/m0/s1. The highest BCUT2D eigenvalue weighted by Gasteiger charge is 2.33. The molecule has 5 rings (SSSR count). The Bertz CT molecular complexity index is 1200. The van der Waals surface area contributed by atoms with Gasteiger partial charge in [-0.25, -0.2) is 4.98 Å². The molecule has 1 aliphatic carbocycles. The number of hydrogen-bond donors (Lipinski definition) is 2. The number of benzene rings is 1. The molecule has 0 spiro atoms. The Morgan fingerprint density at radius 1 is 1.14 bits per heavy atom. The van der Waals surface area contributed by atoms with Crippen molar-refractivity contribution in [1.82, 2.24) is 25.1 Å². The van der Waals surface area contributed by atoms with Crippen molar-refractivity contribution in [1.29, 1.82) is 0 Å². The van der Waals surface area contributed by atoms with Gasteiger partial charge in [0, 0.05) is 35.7 Å². The SMILES string of the molecule is CC(C)(O)C(=O)N[C@H]1Cc2cc(Cl)ccc2-n2c(nnc2[C@H]2CC[C@H](Oc3ccccn3)CC2)C1. The lowest BCUT2D eigenvalue weighted by molar-refractivity contribution is -0.137. The lowest BCUT2D eigenvalue weighted by Crippen LogP contribution is -2.48. The molecule has 184 valence electrons. The molecule has 3 heterocycles. The van der Waals surface area contributed by atoms with Crippen LogP contribution >= 0.6 is 11.6 Å². The van der Waals surface area contributed by atoms with Crippen molar-refractivity contribution in [3.63, 3.8) is 0 Å². The smallest absolute Gasteiger partial charge is 0.251 e. The van der Waals surface area contributed by atoms with Crippen LogP contribution in [0.3, 0.4) is 0 Å². The van der Waals surface area contributed by atoms with Gasteiger partial charge in [-0.1, -0.05) is 17.7 Å². The maximum atomic E-state index is 12.5. The molecule has 2 N–H and O–H groups in total. The Balaban J connectivity index is 1.39. The van der Waals surface area contributed by atoms with Crippen LogP contribution in [0.15, 0.2) is 42.6 Å². The van der Waals surface area contributed by atoms with E-state index in [-0.39, 0.29) is 18.1 Å². The molecule has 1 amide bonds. The summed E-state index contributed by atoms with van der Waals surface area (Å²) in [4.78, 5) is 16.8. The van der Waals surface area contributed by atoms with Gasteiger partial charge in [0.25, 0.3) is 5.91 Å². The van der Waals surface area contributed by atoms with Gasteiger partial charge in [0.15, 0.2) is 0 Å². The summed E-state index contributed by atoms with van der Waals surface area (Å²) < 4.78 is 8.22. The van der Waals surface area contributed by atoms with E-state index < -0.39 is 11.5 Å². The maximum Gasteiger partial charge on any atom is 0.251 e. The maximum absolute atomic E-state index is 12.5. The number of aliphatic hydroxyl groups is 1. The van der Waals surface area contributed by atoms with Crippen LogP contribution in [0.4, 0.5) is 0 Å². The largest absolute Gasteiger partial charge is 0.474 e. The minimum absolute atomic E-state index is 0.139. The topological polar surface area (TPSA) is 102 Å². The predicted molar refractivity (Wildman–Crippen MR) is 132 cm³/mol. The highest BCUT2D eigenvalue weighted by atomic mass is 35.5. The second kappa shape index (κ2) is 9.59. The molecule has 0 bridgehead atoms. The minimum Gasteiger partial charge on any atom is -0.474 e. The molecular formula is C26H30ClN5O3. The fraction of sp³-hybridized carbons (Fsp3) is 0.462. The number of carbonyl (C=O) groups is 1. The van der Waals surface area contributed by atoms with Gasteiger partial charge in [-0.05, 0) is 75.8 Å². The lowest BCUT2D eigenvalue weighted by Gasteiger charge is -2.28. The Morgan fingerprint density at radius 3 is 2.66 bits per heavy atom. The monoisotopic (exact) mass is 495 g/mol. The number of aromatic nitrogens is 4. The van der Waals surface area contributed by atoms with E-state index in [0.29, 0.717) is 23.7 Å². The molecule has 0 unspecified atom stereocenters. The first-order valence-corrected chi connectivity index (χ1v) is 12.5. The number of amides is 1. The molecule has 2 aliphatic rings. The van der Waals surface area contributed by atoms with Crippen LogP contribution in [-0.2, 0) is 17.6 Å². The highest BCUT2D eigenvalue weighted by Crippen LogP contribution is 2.37. The minimum atomic E-state index is -1.46. The van der Waals surface area contributed by atoms with Gasteiger partial charge in [0.05, 0.1) is 5.69 Å². The quantitative estimate of drug-likeness (QED) is 0.558. The zero-order chi connectivity index (χ0) is 24.6. The Kier molecular flexibility index (Phi) is 6.51. The van der Waals surface area contributed by atoms with Crippen LogP contribution in [0.2, 0.25) is 5.02 Å². The van der Waals surface area contributed by atoms with Crippen molar-refractivity contribution in [2.75, 3.05) is 0 Å². The molecule has 35 heavy (non-hydrogen) atoms. The molecule has 0 radical (unpaired) electrons. The molecule has 2 aromatic heterocycles. The molecule has 1 aromatic carbocycles. The van der Waals surface area contributed by atoms with Crippen molar-refractivity contribution in [2.24, 2.45) is 0 Å². The van der Waals surface area contributed by atoms with Crippen molar-refractivity contribution >= 4 is 17.5 Å². The van der Waals surface area contributed by atoms with E-state index in [1.807, 2.05) is 36.4 Å². The highest BCUT2D eigenvalue weighted by molar-refractivity contribution is 6.30. The van der Waals surface area contributed by atoms with E-state index in [1.165, 1.54) is 13.8 Å². The summed E-state index contributed by atoms with van der Waals surface area (Å²) in [5.74, 6) is 2.25. The van der Waals surface area contributed by atoms with E-state index >= 15 is 0 Å². The van der Waals surface area contributed by atoms with Crippen LogP contribution in [0.5, 0.6) is 5.88 Å². The number of nitrogens with one attached hydrogen (secondary N) is 1. The molecule has 1 aliphatic heterocycles. The lowest BCUT2D eigenvalue weighted by atomic mass is 9.86. The van der Waals surface area contributed by atoms with Crippen LogP contribution < -0.4 is 10.1 Å². The number of pyridine rings is 1. The molecule has 1 fully saturated rings. The Hall–Kier alpha value is -2.97. The van der Waals surface area contributed by atoms with Gasteiger partial charge < -0.3 is 15.2 Å². The van der Waals surface area contributed by atoms with Gasteiger partial charge in [0.1, 0.15) is 23.4 Å². The molecule has 3 aromatic rings. The van der Waals surface area contributed by atoms with Crippen LogP contribution in [0, 0.1) is 0 Å². The van der Waals surface area contributed by atoms with Crippen molar-refractivity contribution in [3.05, 3.63) is 64.8 Å². The zero-order valence-corrected chi connectivity index (χ0v) is 20.7. The summed E-state index contributed by atoms with van der Waals surface area (Å²) in [5, 5.41) is 22.9. The molecule has 8 nitrogen and oxygen atoms in total. The van der Waals surface area contributed by atoms with Gasteiger partial charge in [-0.3, -0.25) is 9.36 Å². The van der Waals surface area contributed by atoms with Crippen molar-refractivity contribution in [2.45, 2.75) is 76.0 Å². The molecule has 1 saturated carbocycles. The zero-order valence-electron chi connectivity index (χ0n) is 19.9. The predicted octanol–water partition coefficient (Wildman–Crippen LogP) is 3.78. The van der Waals surface area contributed by atoms with E-state index in [4.69, 9.17) is 16.3 Å². The number of nitrogens with zero attached hydrogens (tertiary/aromatic N) is 4.